The lowest BCUT2D eigenvalue weighted by atomic mass is 10.3. The summed E-state index contributed by atoms with van der Waals surface area (Å²) in [5.74, 6) is 0.708. The first-order valence-corrected chi connectivity index (χ1v) is 4.74. The second kappa shape index (κ2) is 3.03. The van der Waals surface area contributed by atoms with Crippen molar-refractivity contribution in [1.29, 1.82) is 0 Å². The van der Waals surface area contributed by atoms with Gasteiger partial charge in [-0.1, -0.05) is 0 Å². The lowest BCUT2D eigenvalue weighted by Gasteiger charge is -1.95. The van der Waals surface area contributed by atoms with Crippen LogP contribution in [0, 0.1) is 4.77 Å². The Morgan fingerprint density at radius 2 is 2.27 bits per heavy atom. The minimum Gasteiger partial charge on any atom is -0.463 e. The van der Waals surface area contributed by atoms with Gasteiger partial charge in [-0.15, -0.1) is 0 Å². The molecule has 3 aromatic rings. The number of rotatable bonds is 1. The summed E-state index contributed by atoms with van der Waals surface area (Å²) in [6.45, 7) is 0. The van der Waals surface area contributed by atoms with Crippen molar-refractivity contribution in [1.82, 2.24) is 19.8 Å². The number of nitrogens with one attached hydrogen (secondary N) is 1. The molecule has 0 aliphatic heterocycles. The van der Waals surface area contributed by atoms with Gasteiger partial charge in [0.05, 0.1) is 6.26 Å². The van der Waals surface area contributed by atoms with E-state index >= 15 is 0 Å². The first-order valence-electron chi connectivity index (χ1n) is 4.33. The van der Waals surface area contributed by atoms with Crippen molar-refractivity contribution in [3.05, 3.63) is 35.3 Å². The molecule has 0 spiro atoms. The van der Waals surface area contributed by atoms with E-state index in [9.17, 15) is 0 Å². The van der Waals surface area contributed by atoms with Gasteiger partial charge in [-0.3, -0.25) is 0 Å². The number of H-pyrrole nitrogens is 1. The van der Waals surface area contributed by atoms with Gasteiger partial charge in [-0.05, 0) is 36.5 Å². The topological polar surface area (TPSA) is 59.1 Å². The van der Waals surface area contributed by atoms with Crippen LogP contribution in [0.5, 0.6) is 0 Å². The van der Waals surface area contributed by atoms with Crippen LogP contribution in [0.25, 0.3) is 17.1 Å². The third-order valence-electron chi connectivity index (χ3n) is 2.05. The molecule has 0 radical (unpaired) electrons. The fourth-order valence-corrected chi connectivity index (χ4v) is 1.54. The highest BCUT2D eigenvalue weighted by molar-refractivity contribution is 7.71. The summed E-state index contributed by atoms with van der Waals surface area (Å²) in [6, 6.07) is 7.33. The van der Waals surface area contributed by atoms with Gasteiger partial charge in [0.2, 0.25) is 4.77 Å². The smallest absolute Gasteiger partial charge is 0.216 e. The van der Waals surface area contributed by atoms with E-state index in [4.69, 9.17) is 16.6 Å². The summed E-state index contributed by atoms with van der Waals surface area (Å²) in [5, 5.41) is 11.0. The van der Waals surface area contributed by atoms with Crippen LogP contribution in [0.15, 0.2) is 34.9 Å². The molecule has 0 bridgehead atoms. The number of hydrogen-bond donors (Lipinski definition) is 1. The Labute approximate surface area is 89.4 Å². The normalized spacial score (nSPS) is 10.9. The lowest BCUT2D eigenvalue weighted by molar-refractivity contribution is 0.578. The summed E-state index contributed by atoms with van der Waals surface area (Å²) >= 11 is 5.03. The van der Waals surface area contributed by atoms with Crippen LogP contribution in [-0.4, -0.2) is 19.8 Å². The zero-order valence-electron chi connectivity index (χ0n) is 7.54. The third-order valence-corrected chi connectivity index (χ3v) is 2.31. The minimum atomic E-state index is 0.471. The van der Waals surface area contributed by atoms with Crippen molar-refractivity contribution in [2.24, 2.45) is 0 Å². The van der Waals surface area contributed by atoms with Gasteiger partial charge in [0.25, 0.3) is 0 Å². The molecular formula is C9H6N4OS. The minimum absolute atomic E-state index is 0.471. The second-order valence-electron chi connectivity index (χ2n) is 2.99. The Morgan fingerprint density at radius 1 is 1.33 bits per heavy atom. The van der Waals surface area contributed by atoms with Crippen molar-refractivity contribution in [3.63, 3.8) is 0 Å². The van der Waals surface area contributed by atoms with Crippen molar-refractivity contribution in [3.8, 4) is 11.5 Å². The molecule has 6 heteroatoms. The molecule has 15 heavy (non-hydrogen) atoms. The van der Waals surface area contributed by atoms with Gasteiger partial charge in [0.15, 0.2) is 11.4 Å². The van der Waals surface area contributed by atoms with Crippen LogP contribution in [0.3, 0.4) is 0 Å². The Morgan fingerprint density at radius 3 is 3.07 bits per heavy atom. The van der Waals surface area contributed by atoms with Crippen LogP contribution in [-0.2, 0) is 0 Å². The van der Waals surface area contributed by atoms with Gasteiger partial charge in [0.1, 0.15) is 5.69 Å². The molecule has 0 aliphatic rings. The molecule has 0 aliphatic carbocycles. The molecule has 5 nitrogen and oxygen atoms in total. The van der Waals surface area contributed by atoms with E-state index in [0.29, 0.717) is 16.2 Å². The molecule has 0 saturated heterocycles. The van der Waals surface area contributed by atoms with E-state index in [1.165, 1.54) is 0 Å². The maximum absolute atomic E-state index is 5.24. The van der Waals surface area contributed by atoms with Crippen LogP contribution in [0.1, 0.15) is 0 Å². The summed E-state index contributed by atoms with van der Waals surface area (Å²) in [4.78, 5) is 0. The van der Waals surface area contributed by atoms with Crippen LogP contribution >= 0.6 is 12.2 Å². The van der Waals surface area contributed by atoms with E-state index in [2.05, 4.69) is 15.3 Å². The molecule has 0 fully saturated rings. The number of aromatic amines is 1. The van der Waals surface area contributed by atoms with Gasteiger partial charge in [-0.25, -0.2) is 5.10 Å². The van der Waals surface area contributed by atoms with Crippen molar-refractivity contribution < 1.29 is 4.42 Å². The molecule has 1 N–H and O–H groups in total. The zero-order chi connectivity index (χ0) is 10.3. The van der Waals surface area contributed by atoms with Crippen molar-refractivity contribution >= 4 is 17.9 Å². The van der Waals surface area contributed by atoms with Crippen LogP contribution in [0.2, 0.25) is 0 Å². The van der Waals surface area contributed by atoms with Gasteiger partial charge >= 0.3 is 0 Å². The fraction of sp³-hybridized carbons (Fsp3) is 0. The molecule has 3 aromatic heterocycles. The summed E-state index contributed by atoms with van der Waals surface area (Å²) in [5.41, 5.74) is 1.42. The molecular weight excluding hydrogens is 212 g/mol. The SMILES string of the molecule is S=c1[nH]nc2ccc(-c3ccco3)nn12. The molecule has 74 valence electrons. The van der Waals surface area contributed by atoms with E-state index in [1.807, 2.05) is 24.3 Å². The Hall–Kier alpha value is -1.95. The average molecular weight is 218 g/mol. The number of nitrogens with zero attached hydrogens (tertiary/aromatic N) is 3. The molecule has 0 atom stereocenters. The monoisotopic (exact) mass is 218 g/mol. The number of hydrogen-bond acceptors (Lipinski definition) is 4. The van der Waals surface area contributed by atoms with Gasteiger partial charge in [-0.2, -0.15) is 14.7 Å². The van der Waals surface area contributed by atoms with E-state index in [-0.39, 0.29) is 0 Å². The van der Waals surface area contributed by atoms with E-state index < -0.39 is 0 Å². The third kappa shape index (κ3) is 1.26. The molecule has 0 saturated carbocycles. The predicted octanol–water partition coefficient (Wildman–Crippen LogP) is 2.05. The Bertz CT molecular complexity index is 652. The predicted molar refractivity (Wildman–Crippen MR) is 55.9 cm³/mol. The standard InChI is InChI=1S/C9H6N4OS/c15-9-11-10-8-4-3-6(12-13(8)9)7-2-1-5-14-7/h1-5H,(H,11,15). The first-order chi connectivity index (χ1) is 7.34. The fourth-order valence-electron chi connectivity index (χ4n) is 1.36. The molecule has 3 heterocycles. The van der Waals surface area contributed by atoms with Crippen molar-refractivity contribution in [2.75, 3.05) is 0 Å². The largest absolute Gasteiger partial charge is 0.463 e. The number of furan rings is 1. The van der Waals surface area contributed by atoms with Gasteiger partial charge < -0.3 is 4.42 Å². The van der Waals surface area contributed by atoms with Crippen molar-refractivity contribution in [2.45, 2.75) is 0 Å². The maximum Gasteiger partial charge on any atom is 0.216 e. The average Bonchev–Trinajstić information content (AvgIpc) is 2.88. The Balaban J connectivity index is 2.30. The van der Waals surface area contributed by atoms with Gasteiger partial charge in [0, 0.05) is 0 Å². The molecule has 0 unspecified atom stereocenters. The first kappa shape index (κ1) is 8.37. The van der Waals surface area contributed by atoms with E-state index in [0.717, 1.165) is 5.69 Å². The highest BCUT2D eigenvalue weighted by Crippen LogP contribution is 2.16. The van der Waals surface area contributed by atoms with Crippen LogP contribution < -0.4 is 0 Å². The molecule has 0 aromatic carbocycles. The quantitative estimate of drug-likeness (QED) is 0.635. The Kier molecular flexibility index (Phi) is 1.69. The van der Waals surface area contributed by atoms with Crippen LogP contribution in [0.4, 0.5) is 0 Å². The highest BCUT2D eigenvalue weighted by atomic mass is 32.1. The highest BCUT2D eigenvalue weighted by Gasteiger charge is 2.04. The number of aromatic nitrogens is 4. The summed E-state index contributed by atoms with van der Waals surface area (Å²) in [6.07, 6.45) is 1.61. The lowest BCUT2D eigenvalue weighted by Crippen LogP contribution is -1.93. The number of fused-ring (bicyclic) bond motifs is 1. The summed E-state index contributed by atoms with van der Waals surface area (Å²) < 4.78 is 7.28. The summed E-state index contributed by atoms with van der Waals surface area (Å²) in [7, 11) is 0. The van der Waals surface area contributed by atoms with E-state index in [1.54, 1.807) is 10.8 Å². The molecule has 3 rings (SSSR count). The molecule has 0 amide bonds. The second-order valence-corrected chi connectivity index (χ2v) is 3.38. The zero-order valence-corrected chi connectivity index (χ0v) is 8.36. The maximum atomic E-state index is 5.24.